The van der Waals surface area contributed by atoms with Crippen molar-refractivity contribution in [3.8, 4) is 0 Å². The molecule has 0 radical (unpaired) electrons. The molecule has 1 fully saturated rings. The molecule has 0 spiro atoms. The van der Waals surface area contributed by atoms with Crippen molar-refractivity contribution < 1.29 is 4.42 Å². The van der Waals surface area contributed by atoms with Gasteiger partial charge in [-0.3, -0.25) is 0 Å². The lowest BCUT2D eigenvalue weighted by molar-refractivity contribution is 0.0517. The molecule has 0 aliphatic heterocycles. The maximum atomic E-state index is 6.16. The second-order valence-electron chi connectivity index (χ2n) is 6.47. The third-order valence-corrected chi connectivity index (χ3v) is 5.17. The van der Waals surface area contributed by atoms with Crippen molar-refractivity contribution in [2.45, 2.75) is 43.7 Å². The van der Waals surface area contributed by atoms with E-state index in [1.165, 1.54) is 37.5 Å². The number of furan rings is 1. The summed E-state index contributed by atoms with van der Waals surface area (Å²) < 4.78 is 6.16. The fourth-order valence-corrected chi connectivity index (χ4v) is 3.98. The highest BCUT2D eigenvalue weighted by Crippen LogP contribution is 2.42. The Bertz CT molecular complexity index is 563. The molecule has 0 bridgehead atoms. The number of hydrogen-bond donors (Lipinski definition) is 1. The van der Waals surface area contributed by atoms with Gasteiger partial charge in [-0.1, -0.05) is 37.5 Å². The molecular formula is C18H26N2O. The van der Waals surface area contributed by atoms with Gasteiger partial charge in [-0.2, -0.15) is 0 Å². The molecule has 1 aliphatic carbocycles. The molecular weight excluding hydrogens is 260 g/mol. The Morgan fingerprint density at radius 1 is 1.14 bits per heavy atom. The molecule has 1 aromatic heterocycles. The average molecular weight is 286 g/mol. The van der Waals surface area contributed by atoms with Gasteiger partial charge in [-0.25, -0.2) is 0 Å². The van der Waals surface area contributed by atoms with Crippen LogP contribution in [0.3, 0.4) is 0 Å². The predicted molar refractivity (Wildman–Crippen MR) is 87.5 cm³/mol. The van der Waals surface area contributed by atoms with Gasteiger partial charge in [0.2, 0.25) is 0 Å². The van der Waals surface area contributed by atoms with Crippen LogP contribution in [0.15, 0.2) is 34.7 Å². The van der Waals surface area contributed by atoms with Crippen LogP contribution in [0.5, 0.6) is 0 Å². The minimum absolute atomic E-state index is 0.154. The van der Waals surface area contributed by atoms with Crippen LogP contribution in [0, 0.1) is 0 Å². The monoisotopic (exact) mass is 286 g/mol. The van der Waals surface area contributed by atoms with Crippen LogP contribution in [-0.4, -0.2) is 31.6 Å². The van der Waals surface area contributed by atoms with E-state index >= 15 is 0 Å². The van der Waals surface area contributed by atoms with Crippen LogP contribution in [0.4, 0.5) is 0 Å². The van der Waals surface area contributed by atoms with Crippen molar-refractivity contribution in [3.05, 3.63) is 36.1 Å². The molecule has 1 aromatic carbocycles. The molecule has 1 unspecified atom stereocenters. The van der Waals surface area contributed by atoms with Crippen LogP contribution >= 0.6 is 0 Å². The second kappa shape index (κ2) is 5.82. The van der Waals surface area contributed by atoms with Crippen molar-refractivity contribution >= 4 is 11.0 Å². The Balaban J connectivity index is 2.02. The van der Waals surface area contributed by atoms with Gasteiger partial charge in [-0.15, -0.1) is 0 Å². The van der Waals surface area contributed by atoms with E-state index in [-0.39, 0.29) is 11.6 Å². The van der Waals surface area contributed by atoms with Crippen LogP contribution < -0.4 is 5.32 Å². The number of fused-ring (bicyclic) bond motifs is 1. The second-order valence-corrected chi connectivity index (χ2v) is 6.47. The Kier molecular flexibility index (Phi) is 4.05. The molecule has 2 aromatic rings. The molecule has 0 saturated heterocycles. The summed E-state index contributed by atoms with van der Waals surface area (Å²) in [6, 6.07) is 10.7. The minimum atomic E-state index is 0.154. The summed E-state index contributed by atoms with van der Waals surface area (Å²) in [4.78, 5) is 2.40. The van der Waals surface area contributed by atoms with E-state index in [4.69, 9.17) is 4.42 Å². The van der Waals surface area contributed by atoms with Crippen molar-refractivity contribution in [1.82, 2.24) is 10.2 Å². The highest BCUT2D eigenvalue weighted by atomic mass is 16.3. The molecule has 3 heteroatoms. The summed E-state index contributed by atoms with van der Waals surface area (Å²) in [5.74, 6) is 1.06. The molecule has 1 saturated carbocycles. The highest BCUT2D eigenvalue weighted by Gasteiger charge is 2.43. The van der Waals surface area contributed by atoms with Crippen LogP contribution in [-0.2, 0) is 0 Å². The van der Waals surface area contributed by atoms with Crippen molar-refractivity contribution in [2.75, 3.05) is 21.1 Å². The lowest BCUT2D eigenvalue weighted by atomic mass is 9.74. The van der Waals surface area contributed by atoms with Crippen molar-refractivity contribution in [3.63, 3.8) is 0 Å². The molecule has 114 valence electrons. The van der Waals surface area contributed by atoms with Gasteiger partial charge >= 0.3 is 0 Å². The van der Waals surface area contributed by atoms with Crippen LogP contribution in [0.2, 0.25) is 0 Å². The molecule has 1 aliphatic rings. The zero-order valence-corrected chi connectivity index (χ0v) is 13.4. The topological polar surface area (TPSA) is 28.4 Å². The molecule has 3 nitrogen and oxygen atoms in total. The standard InChI is InChI=1S/C18H26N2O/c1-19-17(18(20(2)3)11-7-4-8-12-18)16-13-14-9-5-6-10-15(14)21-16/h5-6,9-10,13,17,19H,4,7-8,11-12H2,1-3H3. The lowest BCUT2D eigenvalue weighted by Crippen LogP contribution is -2.54. The number of likely N-dealkylation sites (N-methyl/N-ethyl adjacent to an activating group) is 2. The third kappa shape index (κ3) is 2.49. The van der Waals surface area contributed by atoms with E-state index in [9.17, 15) is 0 Å². The van der Waals surface area contributed by atoms with Gasteiger partial charge in [0, 0.05) is 10.9 Å². The van der Waals surface area contributed by atoms with Gasteiger partial charge in [0.15, 0.2) is 0 Å². The smallest absolute Gasteiger partial charge is 0.134 e. The van der Waals surface area contributed by atoms with Gasteiger partial charge in [-0.05, 0) is 46.1 Å². The van der Waals surface area contributed by atoms with Crippen molar-refractivity contribution in [2.24, 2.45) is 0 Å². The summed E-state index contributed by atoms with van der Waals surface area (Å²) in [7, 11) is 6.47. The zero-order chi connectivity index (χ0) is 14.9. The SMILES string of the molecule is CNC(c1cc2ccccc2o1)C1(N(C)C)CCCCC1. The Hall–Kier alpha value is -1.32. The molecule has 21 heavy (non-hydrogen) atoms. The number of para-hydroxylation sites is 1. The Morgan fingerprint density at radius 2 is 1.86 bits per heavy atom. The first kappa shape index (κ1) is 14.6. The summed E-state index contributed by atoms with van der Waals surface area (Å²) in [5.41, 5.74) is 1.14. The number of benzene rings is 1. The fourth-order valence-electron chi connectivity index (χ4n) is 3.98. The number of hydrogen-bond acceptors (Lipinski definition) is 3. The summed E-state index contributed by atoms with van der Waals surface area (Å²) in [6.07, 6.45) is 6.41. The predicted octanol–water partition coefficient (Wildman–Crippen LogP) is 3.96. The molecule has 0 amide bonds. The lowest BCUT2D eigenvalue weighted by Gasteiger charge is -2.47. The van der Waals surface area contributed by atoms with Crippen molar-refractivity contribution in [1.29, 1.82) is 0 Å². The van der Waals surface area contributed by atoms with Gasteiger partial charge in [0.05, 0.1) is 6.04 Å². The first-order valence-electron chi connectivity index (χ1n) is 8.00. The molecule has 3 rings (SSSR count). The van der Waals surface area contributed by atoms with E-state index in [0.29, 0.717) is 0 Å². The van der Waals surface area contributed by atoms with Gasteiger partial charge in [0.1, 0.15) is 11.3 Å². The molecule has 1 heterocycles. The van der Waals surface area contributed by atoms with Crippen LogP contribution in [0.25, 0.3) is 11.0 Å². The molecule has 1 atom stereocenters. The maximum absolute atomic E-state index is 6.16. The maximum Gasteiger partial charge on any atom is 0.134 e. The normalized spacial score (nSPS) is 20.0. The number of rotatable bonds is 4. The average Bonchev–Trinajstić information content (AvgIpc) is 2.92. The Morgan fingerprint density at radius 3 is 2.48 bits per heavy atom. The third-order valence-electron chi connectivity index (χ3n) is 5.17. The summed E-state index contributed by atoms with van der Waals surface area (Å²) in [5, 5.41) is 4.73. The van der Waals surface area contributed by atoms with E-state index in [1.54, 1.807) is 0 Å². The summed E-state index contributed by atoms with van der Waals surface area (Å²) >= 11 is 0. The van der Waals surface area contributed by atoms with E-state index in [2.05, 4.69) is 55.6 Å². The minimum Gasteiger partial charge on any atom is -0.459 e. The van der Waals surface area contributed by atoms with E-state index in [1.807, 2.05) is 6.07 Å². The highest BCUT2D eigenvalue weighted by molar-refractivity contribution is 5.77. The summed E-state index contributed by atoms with van der Waals surface area (Å²) in [6.45, 7) is 0. The van der Waals surface area contributed by atoms with E-state index in [0.717, 1.165) is 11.3 Å². The van der Waals surface area contributed by atoms with E-state index < -0.39 is 0 Å². The fraction of sp³-hybridized carbons (Fsp3) is 0.556. The first-order valence-corrected chi connectivity index (χ1v) is 8.00. The largest absolute Gasteiger partial charge is 0.459 e. The molecule has 1 N–H and O–H groups in total. The first-order chi connectivity index (χ1) is 10.2. The van der Waals surface area contributed by atoms with Crippen LogP contribution in [0.1, 0.15) is 43.9 Å². The number of nitrogens with one attached hydrogen (secondary N) is 1. The van der Waals surface area contributed by atoms with Gasteiger partial charge in [0.25, 0.3) is 0 Å². The Labute approximate surface area is 127 Å². The zero-order valence-electron chi connectivity index (χ0n) is 13.4. The quantitative estimate of drug-likeness (QED) is 0.922. The number of nitrogens with zero attached hydrogens (tertiary/aromatic N) is 1. The van der Waals surface area contributed by atoms with Gasteiger partial charge < -0.3 is 14.6 Å².